The van der Waals surface area contributed by atoms with Crippen LogP contribution in [0.5, 0.6) is 0 Å². The second-order valence-electron chi connectivity index (χ2n) is 6.37. The van der Waals surface area contributed by atoms with E-state index in [2.05, 4.69) is 15.5 Å². The summed E-state index contributed by atoms with van der Waals surface area (Å²) in [6, 6.07) is 20.3. The highest BCUT2D eigenvalue weighted by Gasteiger charge is 2.18. The predicted molar refractivity (Wildman–Crippen MR) is 113 cm³/mol. The van der Waals surface area contributed by atoms with Crippen LogP contribution in [0.3, 0.4) is 0 Å². The zero-order chi connectivity index (χ0) is 19.5. The van der Waals surface area contributed by atoms with Crippen molar-refractivity contribution in [2.24, 2.45) is 5.73 Å². The maximum Gasteiger partial charge on any atom is 0.410 e. The van der Waals surface area contributed by atoms with E-state index in [1.165, 1.54) is 0 Å². The molecule has 4 N–H and O–H groups in total. The molecule has 1 unspecified atom stereocenters. The van der Waals surface area contributed by atoms with Gasteiger partial charge in [0.25, 0.3) is 0 Å². The Labute approximate surface area is 173 Å². The van der Waals surface area contributed by atoms with Crippen LogP contribution in [0.15, 0.2) is 71.3 Å². The van der Waals surface area contributed by atoms with Gasteiger partial charge in [0.1, 0.15) is 11.5 Å². The van der Waals surface area contributed by atoms with Crippen LogP contribution in [0.4, 0.5) is 10.6 Å². The van der Waals surface area contributed by atoms with Crippen LogP contribution in [0.2, 0.25) is 0 Å². The van der Waals surface area contributed by atoms with Gasteiger partial charge in [0.2, 0.25) is 0 Å². The van der Waals surface area contributed by atoms with Gasteiger partial charge in [0.15, 0.2) is 5.58 Å². The highest BCUT2D eigenvalue weighted by molar-refractivity contribution is 5.92. The third-order valence-corrected chi connectivity index (χ3v) is 4.46. The van der Waals surface area contributed by atoms with Crippen molar-refractivity contribution in [1.82, 2.24) is 10.1 Å². The Hall–Kier alpha value is -3.42. The number of para-hydroxylation sites is 1. The van der Waals surface area contributed by atoms with Gasteiger partial charge in [-0.1, -0.05) is 47.6 Å². The number of carbonyl (C=O) groups is 1. The lowest BCUT2D eigenvalue weighted by atomic mass is 9.94. The first-order chi connectivity index (χ1) is 13.6. The van der Waals surface area contributed by atoms with E-state index in [0.29, 0.717) is 12.1 Å². The second-order valence-corrected chi connectivity index (χ2v) is 6.37. The molecule has 0 radical (unpaired) electrons. The molecular weight excluding hydrogens is 392 g/mol. The lowest BCUT2D eigenvalue weighted by molar-refractivity contribution is 0.209. The van der Waals surface area contributed by atoms with E-state index in [-0.39, 0.29) is 24.3 Å². The fourth-order valence-corrected chi connectivity index (χ4v) is 3.22. The molecule has 148 valence electrons. The molecule has 0 aliphatic rings. The Kier molecular flexibility index (Phi) is 6.11. The highest BCUT2D eigenvalue weighted by Crippen LogP contribution is 2.33. The van der Waals surface area contributed by atoms with Crippen LogP contribution < -0.4 is 11.1 Å². The van der Waals surface area contributed by atoms with Gasteiger partial charge in [-0.25, -0.2) is 9.78 Å². The van der Waals surface area contributed by atoms with Crippen LogP contribution in [0.1, 0.15) is 17.3 Å². The number of halogens is 1. The zero-order valence-corrected chi connectivity index (χ0v) is 16.1. The molecule has 4 rings (SSSR count). The number of rotatable bonds is 5. The first-order valence-electron chi connectivity index (χ1n) is 8.77. The maximum absolute atomic E-state index is 10.8. The van der Waals surface area contributed by atoms with Crippen molar-refractivity contribution >= 4 is 35.3 Å². The van der Waals surface area contributed by atoms with Gasteiger partial charge in [0, 0.05) is 29.1 Å². The number of anilines is 1. The van der Waals surface area contributed by atoms with Crippen molar-refractivity contribution in [3.8, 4) is 11.3 Å². The Balaban J connectivity index is 0.00000240. The van der Waals surface area contributed by atoms with Crippen LogP contribution in [-0.2, 0) is 6.42 Å². The smallest absolute Gasteiger partial charge is 0.410 e. The van der Waals surface area contributed by atoms with E-state index in [0.717, 1.165) is 27.8 Å². The van der Waals surface area contributed by atoms with E-state index < -0.39 is 6.09 Å². The first-order valence-corrected chi connectivity index (χ1v) is 8.77. The first kappa shape index (κ1) is 20.3. The number of pyridine rings is 1. The van der Waals surface area contributed by atoms with Crippen molar-refractivity contribution in [1.29, 1.82) is 0 Å². The second kappa shape index (κ2) is 8.72. The van der Waals surface area contributed by atoms with Crippen LogP contribution >= 0.6 is 12.4 Å². The number of nitrogens with one attached hydrogen (secondary N) is 1. The molecule has 2 aromatic carbocycles. The van der Waals surface area contributed by atoms with Crippen molar-refractivity contribution in [2.45, 2.75) is 12.5 Å². The minimum atomic E-state index is -1.16. The van der Waals surface area contributed by atoms with Crippen molar-refractivity contribution in [2.75, 3.05) is 5.32 Å². The molecule has 0 saturated heterocycles. The Bertz CT molecular complexity index is 1150. The number of aromatic nitrogens is 2. The summed E-state index contributed by atoms with van der Waals surface area (Å²) in [5.41, 5.74) is 10.5. The summed E-state index contributed by atoms with van der Waals surface area (Å²) in [5.74, 6) is 0.271. The molecule has 0 spiro atoms. The molecular formula is C21H19ClN4O3. The molecule has 1 amide bonds. The number of nitrogens with two attached hydrogens (primary N) is 1. The minimum absolute atomic E-state index is 0. The molecule has 8 heteroatoms. The highest BCUT2D eigenvalue weighted by atomic mass is 35.5. The van der Waals surface area contributed by atoms with E-state index in [9.17, 15) is 4.79 Å². The summed E-state index contributed by atoms with van der Waals surface area (Å²) >= 11 is 0. The summed E-state index contributed by atoms with van der Waals surface area (Å²) in [4.78, 5) is 15.1. The molecule has 0 aliphatic carbocycles. The number of fused-ring (bicyclic) bond motifs is 1. The van der Waals surface area contributed by atoms with Crippen LogP contribution in [-0.4, -0.2) is 21.3 Å². The van der Waals surface area contributed by atoms with Crippen LogP contribution in [0, 0.1) is 0 Å². The Morgan fingerprint density at radius 2 is 1.83 bits per heavy atom. The lowest BCUT2D eigenvalue weighted by Crippen LogP contribution is -2.16. The van der Waals surface area contributed by atoms with Gasteiger partial charge in [-0.15, -0.1) is 12.4 Å². The van der Waals surface area contributed by atoms with Gasteiger partial charge in [-0.05, 0) is 29.8 Å². The SMILES string of the molecule is Cl.NC(Cc1cccc(NC(=O)O)n1)c1ccccc1-c1noc2ccccc12. The molecule has 0 saturated carbocycles. The quantitative estimate of drug-likeness (QED) is 0.441. The number of hydrogen-bond acceptors (Lipinski definition) is 5. The molecule has 0 bridgehead atoms. The molecule has 0 fully saturated rings. The normalized spacial score (nSPS) is 11.6. The molecule has 0 aliphatic heterocycles. The third-order valence-electron chi connectivity index (χ3n) is 4.46. The van der Waals surface area contributed by atoms with E-state index in [1.54, 1.807) is 12.1 Å². The zero-order valence-electron chi connectivity index (χ0n) is 15.3. The minimum Gasteiger partial charge on any atom is -0.465 e. The lowest BCUT2D eigenvalue weighted by Gasteiger charge is -2.15. The summed E-state index contributed by atoms with van der Waals surface area (Å²) in [6.07, 6.45) is -0.709. The van der Waals surface area contributed by atoms with Crippen LogP contribution in [0.25, 0.3) is 22.2 Å². The molecule has 29 heavy (non-hydrogen) atoms. The van der Waals surface area contributed by atoms with Gasteiger partial charge in [-0.3, -0.25) is 5.32 Å². The van der Waals surface area contributed by atoms with Crippen molar-refractivity contribution in [3.05, 3.63) is 78.0 Å². The molecule has 2 heterocycles. The Morgan fingerprint density at radius 3 is 2.66 bits per heavy atom. The fraction of sp³-hybridized carbons (Fsp3) is 0.0952. The molecule has 4 aromatic rings. The van der Waals surface area contributed by atoms with E-state index in [4.69, 9.17) is 15.4 Å². The van der Waals surface area contributed by atoms with Crippen molar-refractivity contribution < 1.29 is 14.4 Å². The predicted octanol–water partition coefficient (Wildman–Crippen LogP) is 4.64. The third kappa shape index (κ3) is 4.37. The van der Waals surface area contributed by atoms with Gasteiger partial charge in [-0.2, -0.15) is 0 Å². The number of carboxylic acid groups (broad SMARTS) is 1. The average Bonchev–Trinajstić information content (AvgIpc) is 3.12. The van der Waals surface area contributed by atoms with Crippen molar-refractivity contribution in [3.63, 3.8) is 0 Å². The number of hydrogen-bond donors (Lipinski definition) is 3. The average molecular weight is 411 g/mol. The number of nitrogens with zero attached hydrogens (tertiary/aromatic N) is 2. The summed E-state index contributed by atoms with van der Waals surface area (Å²) in [7, 11) is 0. The number of amides is 1. The van der Waals surface area contributed by atoms with E-state index in [1.807, 2.05) is 54.6 Å². The van der Waals surface area contributed by atoms with Gasteiger partial charge < -0.3 is 15.4 Å². The van der Waals surface area contributed by atoms with Gasteiger partial charge >= 0.3 is 6.09 Å². The number of benzene rings is 2. The molecule has 1 atom stereocenters. The maximum atomic E-state index is 10.8. The summed E-state index contributed by atoms with van der Waals surface area (Å²) < 4.78 is 5.44. The fourth-order valence-electron chi connectivity index (χ4n) is 3.22. The summed E-state index contributed by atoms with van der Waals surface area (Å²) in [5, 5.41) is 16.3. The standard InChI is InChI=1S/C21H18N4O3.ClH/c22-17(12-13-6-5-11-19(23-13)24-21(26)27)14-7-1-2-8-15(14)20-16-9-3-4-10-18(16)28-25-20;/h1-11,17H,12,22H2,(H,23,24)(H,26,27);1H. The van der Waals surface area contributed by atoms with Gasteiger partial charge in [0.05, 0.1) is 0 Å². The monoisotopic (exact) mass is 410 g/mol. The topological polar surface area (TPSA) is 114 Å². The largest absolute Gasteiger partial charge is 0.465 e. The Morgan fingerprint density at radius 1 is 1.07 bits per heavy atom. The van der Waals surface area contributed by atoms with E-state index >= 15 is 0 Å². The summed E-state index contributed by atoms with van der Waals surface area (Å²) in [6.45, 7) is 0. The molecule has 7 nitrogen and oxygen atoms in total. The molecule has 2 aromatic heterocycles.